The summed E-state index contributed by atoms with van der Waals surface area (Å²) in [7, 11) is 0. The molecule has 0 N–H and O–H groups in total. The van der Waals surface area contributed by atoms with Gasteiger partial charge in [0.1, 0.15) is 0 Å². The van der Waals surface area contributed by atoms with Crippen LogP contribution in [0, 0.1) is 0 Å². The topological polar surface area (TPSA) is 26.3 Å². The molecule has 0 radical (unpaired) electrons. The van der Waals surface area contributed by atoms with Gasteiger partial charge in [0.25, 0.3) is 0 Å². The Bertz CT molecular complexity index is 967. The minimum Gasteiger partial charge on any atom is -0.462 e. The number of fused-ring (bicyclic) bond motifs is 2. The number of esters is 1. The van der Waals surface area contributed by atoms with E-state index in [0.29, 0.717) is 12.2 Å². The van der Waals surface area contributed by atoms with Crippen molar-refractivity contribution in [2.45, 2.75) is 13.3 Å². The summed E-state index contributed by atoms with van der Waals surface area (Å²) in [6, 6.07) is 20.5. The summed E-state index contributed by atoms with van der Waals surface area (Å²) in [4.78, 5) is 12.5. The lowest BCUT2D eigenvalue weighted by Gasteiger charge is -2.13. The fourth-order valence-electron chi connectivity index (χ4n) is 3.44. The molecule has 4 rings (SSSR count). The van der Waals surface area contributed by atoms with Crippen LogP contribution in [0.3, 0.4) is 0 Å². The molecule has 1 aliphatic carbocycles. The van der Waals surface area contributed by atoms with Crippen LogP contribution in [0.4, 0.5) is 0 Å². The number of rotatable bonds is 3. The van der Waals surface area contributed by atoms with Gasteiger partial charge in [-0.1, -0.05) is 60.7 Å². The van der Waals surface area contributed by atoms with E-state index in [9.17, 15) is 4.79 Å². The molecule has 0 atom stereocenters. The van der Waals surface area contributed by atoms with Crippen molar-refractivity contribution >= 4 is 28.4 Å². The first-order chi connectivity index (χ1) is 11.8. The second-order valence-electron chi connectivity index (χ2n) is 5.97. The van der Waals surface area contributed by atoms with E-state index in [1.54, 1.807) is 0 Å². The van der Waals surface area contributed by atoms with Crippen molar-refractivity contribution in [3.63, 3.8) is 0 Å². The van der Waals surface area contributed by atoms with Gasteiger partial charge in [-0.2, -0.15) is 0 Å². The van der Waals surface area contributed by atoms with E-state index in [0.717, 1.165) is 22.8 Å². The third kappa shape index (κ3) is 2.41. The van der Waals surface area contributed by atoms with E-state index >= 15 is 0 Å². The van der Waals surface area contributed by atoms with E-state index in [2.05, 4.69) is 36.4 Å². The van der Waals surface area contributed by atoms with E-state index in [-0.39, 0.29) is 5.97 Å². The molecular formula is C22H18O2. The molecule has 0 amide bonds. The molecule has 3 aromatic rings. The molecule has 0 saturated heterocycles. The van der Waals surface area contributed by atoms with Gasteiger partial charge >= 0.3 is 5.97 Å². The minimum absolute atomic E-state index is 0.255. The number of hydrogen-bond donors (Lipinski definition) is 0. The van der Waals surface area contributed by atoms with E-state index in [1.807, 2.05) is 37.3 Å². The molecule has 2 heteroatoms. The normalized spacial score (nSPS) is 12.8. The molecule has 0 fully saturated rings. The molecule has 0 bridgehead atoms. The van der Waals surface area contributed by atoms with Crippen LogP contribution in [0.5, 0.6) is 0 Å². The van der Waals surface area contributed by atoms with Gasteiger partial charge in [-0.05, 0) is 46.9 Å². The van der Waals surface area contributed by atoms with E-state index in [1.165, 1.54) is 16.7 Å². The number of hydrogen-bond acceptors (Lipinski definition) is 2. The van der Waals surface area contributed by atoms with Crippen LogP contribution < -0.4 is 0 Å². The highest BCUT2D eigenvalue weighted by molar-refractivity contribution is 6.08. The van der Waals surface area contributed by atoms with Crippen LogP contribution in [-0.4, -0.2) is 12.6 Å². The zero-order valence-corrected chi connectivity index (χ0v) is 13.6. The summed E-state index contributed by atoms with van der Waals surface area (Å²) < 4.78 is 5.29. The summed E-state index contributed by atoms with van der Waals surface area (Å²) in [5, 5.41) is 2.24. The van der Waals surface area contributed by atoms with Gasteiger partial charge in [0.15, 0.2) is 0 Å². The molecular weight excluding hydrogens is 296 g/mol. The zero-order valence-electron chi connectivity index (χ0n) is 13.6. The monoisotopic (exact) mass is 314 g/mol. The zero-order chi connectivity index (χ0) is 16.5. The molecule has 1 aliphatic rings. The molecule has 0 aromatic heterocycles. The third-order valence-corrected chi connectivity index (χ3v) is 4.51. The van der Waals surface area contributed by atoms with Gasteiger partial charge in [-0.3, -0.25) is 0 Å². The summed E-state index contributed by atoms with van der Waals surface area (Å²) in [5.74, 6) is -0.255. The maximum absolute atomic E-state index is 12.5. The number of allylic oxidation sites excluding steroid dienone is 1. The molecule has 0 heterocycles. The maximum Gasteiger partial charge on any atom is 0.338 e. The average molecular weight is 314 g/mol. The summed E-state index contributed by atoms with van der Waals surface area (Å²) in [6.45, 7) is 2.22. The van der Waals surface area contributed by atoms with Crippen molar-refractivity contribution in [2.75, 3.05) is 6.61 Å². The second kappa shape index (κ2) is 5.97. The van der Waals surface area contributed by atoms with Gasteiger partial charge < -0.3 is 4.74 Å². The Morgan fingerprint density at radius 1 is 1.00 bits per heavy atom. The Morgan fingerprint density at radius 3 is 2.62 bits per heavy atom. The van der Waals surface area contributed by atoms with Crippen LogP contribution in [0.25, 0.3) is 22.4 Å². The maximum atomic E-state index is 12.5. The fraction of sp³-hybridized carbons (Fsp3) is 0.136. The Morgan fingerprint density at radius 2 is 1.79 bits per heavy atom. The molecule has 118 valence electrons. The predicted molar refractivity (Wildman–Crippen MR) is 97.9 cm³/mol. The molecule has 0 spiro atoms. The second-order valence-corrected chi connectivity index (χ2v) is 5.97. The molecule has 0 saturated carbocycles. The van der Waals surface area contributed by atoms with Crippen molar-refractivity contribution in [3.8, 4) is 0 Å². The molecule has 2 nitrogen and oxygen atoms in total. The lowest BCUT2D eigenvalue weighted by molar-refractivity contribution is 0.0526. The third-order valence-electron chi connectivity index (χ3n) is 4.51. The molecule has 24 heavy (non-hydrogen) atoms. The Kier molecular flexibility index (Phi) is 3.66. The van der Waals surface area contributed by atoms with Gasteiger partial charge in [-0.15, -0.1) is 0 Å². The van der Waals surface area contributed by atoms with Crippen molar-refractivity contribution < 1.29 is 9.53 Å². The van der Waals surface area contributed by atoms with Crippen molar-refractivity contribution in [3.05, 3.63) is 82.9 Å². The quantitative estimate of drug-likeness (QED) is 0.628. The van der Waals surface area contributed by atoms with Gasteiger partial charge in [0, 0.05) is 5.56 Å². The number of benzene rings is 3. The van der Waals surface area contributed by atoms with Crippen LogP contribution >= 0.6 is 0 Å². The molecule has 0 unspecified atom stereocenters. The van der Waals surface area contributed by atoms with E-state index < -0.39 is 0 Å². The van der Waals surface area contributed by atoms with Crippen molar-refractivity contribution in [1.82, 2.24) is 0 Å². The SMILES string of the molecule is CCOC(=O)c1ccc2ccccc2c1C1=Cc2ccccc2C1. The van der Waals surface area contributed by atoms with E-state index in [4.69, 9.17) is 4.74 Å². The highest BCUT2D eigenvalue weighted by Gasteiger charge is 2.22. The van der Waals surface area contributed by atoms with Gasteiger partial charge in [0.05, 0.1) is 12.2 Å². The van der Waals surface area contributed by atoms with Crippen molar-refractivity contribution in [2.24, 2.45) is 0 Å². The number of ether oxygens (including phenoxy) is 1. The lowest BCUT2D eigenvalue weighted by atomic mass is 9.92. The van der Waals surface area contributed by atoms with Gasteiger partial charge in [0.2, 0.25) is 0 Å². The average Bonchev–Trinajstić information content (AvgIpc) is 3.04. The summed E-state index contributed by atoms with van der Waals surface area (Å²) in [5.41, 5.74) is 5.36. The Balaban J connectivity index is 1.93. The first-order valence-corrected chi connectivity index (χ1v) is 8.25. The van der Waals surface area contributed by atoms with Gasteiger partial charge in [-0.25, -0.2) is 4.79 Å². The van der Waals surface area contributed by atoms with Crippen molar-refractivity contribution in [1.29, 1.82) is 0 Å². The lowest BCUT2D eigenvalue weighted by Crippen LogP contribution is -2.08. The van der Waals surface area contributed by atoms with Crippen LogP contribution in [0.2, 0.25) is 0 Å². The number of carbonyl (C=O) groups excluding carboxylic acids is 1. The Labute approximate surface area is 141 Å². The van der Waals surface area contributed by atoms with Crippen LogP contribution in [-0.2, 0) is 11.2 Å². The highest BCUT2D eigenvalue weighted by Crippen LogP contribution is 2.37. The summed E-state index contributed by atoms with van der Waals surface area (Å²) in [6.07, 6.45) is 3.04. The van der Waals surface area contributed by atoms with Crippen LogP contribution in [0.1, 0.15) is 34.0 Å². The molecule has 0 aliphatic heterocycles. The first kappa shape index (κ1) is 14.7. The van der Waals surface area contributed by atoms with Crippen LogP contribution in [0.15, 0.2) is 60.7 Å². The standard InChI is InChI=1S/C22H18O2/c1-2-24-22(23)20-12-11-15-7-5-6-10-19(15)21(20)18-13-16-8-3-4-9-17(16)14-18/h3-13H,2,14H2,1H3. The summed E-state index contributed by atoms with van der Waals surface area (Å²) >= 11 is 0. The largest absolute Gasteiger partial charge is 0.462 e. The number of carbonyl (C=O) groups is 1. The molecule has 3 aromatic carbocycles. The highest BCUT2D eigenvalue weighted by atomic mass is 16.5. The fourth-order valence-corrected chi connectivity index (χ4v) is 3.44. The predicted octanol–water partition coefficient (Wildman–Crippen LogP) is 5.11. The Hall–Kier alpha value is -2.87. The minimum atomic E-state index is -0.255. The smallest absolute Gasteiger partial charge is 0.338 e. The first-order valence-electron chi connectivity index (χ1n) is 8.25.